The molecule has 0 fully saturated rings. The van der Waals surface area contributed by atoms with E-state index in [4.69, 9.17) is 0 Å². The van der Waals surface area contributed by atoms with E-state index in [1.807, 2.05) is 24.4 Å². The zero-order valence-corrected chi connectivity index (χ0v) is 14.0. The van der Waals surface area contributed by atoms with Gasteiger partial charge in [0, 0.05) is 4.88 Å². The van der Waals surface area contributed by atoms with Gasteiger partial charge in [-0.05, 0) is 37.4 Å². The molecule has 5 nitrogen and oxygen atoms in total. The number of thiophene rings is 1. The van der Waals surface area contributed by atoms with Crippen LogP contribution < -0.4 is 10.0 Å². The second kappa shape index (κ2) is 6.93. The molecule has 118 valence electrons. The van der Waals surface area contributed by atoms with Crippen molar-refractivity contribution in [3.8, 4) is 0 Å². The molecule has 7 heteroatoms. The first kappa shape index (κ1) is 16.5. The molecular weight excluding hydrogens is 320 g/mol. The predicted molar refractivity (Wildman–Crippen MR) is 89.7 cm³/mol. The molecule has 1 aromatic carbocycles. The smallest absolute Gasteiger partial charge is 0.253 e. The number of amides is 1. The number of hydrogen-bond donors (Lipinski definition) is 2. The molecule has 22 heavy (non-hydrogen) atoms. The van der Waals surface area contributed by atoms with E-state index in [0.29, 0.717) is 11.3 Å². The van der Waals surface area contributed by atoms with E-state index in [2.05, 4.69) is 10.0 Å². The Hall–Kier alpha value is -1.86. The number of rotatable bonds is 6. The van der Waals surface area contributed by atoms with E-state index in [1.54, 1.807) is 42.5 Å². The van der Waals surface area contributed by atoms with Crippen molar-refractivity contribution in [1.82, 2.24) is 5.32 Å². The van der Waals surface area contributed by atoms with Crippen molar-refractivity contribution < 1.29 is 13.2 Å². The first-order valence-electron chi connectivity index (χ1n) is 6.86. The monoisotopic (exact) mass is 338 g/mol. The molecule has 1 heterocycles. The van der Waals surface area contributed by atoms with Crippen molar-refractivity contribution in [2.24, 2.45) is 0 Å². The highest BCUT2D eigenvalue weighted by atomic mass is 32.2. The van der Waals surface area contributed by atoms with Gasteiger partial charge >= 0.3 is 0 Å². The van der Waals surface area contributed by atoms with Gasteiger partial charge in [0.05, 0.1) is 23.0 Å². The Balaban J connectivity index is 2.19. The SMILES string of the molecule is CCS(=O)(=O)Nc1ccccc1C(=O)NC(C)c1cccs1. The lowest BCUT2D eigenvalue weighted by atomic mass is 10.1. The third-order valence-corrected chi connectivity index (χ3v) is 5.48. The number of hydrogen-bond acceptors (Lipinski definition) is 4. The van der Waals surface area contributed by atoms with Crippen molar-refractivity contribution in [2.75, 3.05) is 10.5 Å². The van der Waals surface area contributed by atoms with Crippen LogP contribution in [0, 0.1) is 0 Å². The topological polar surface area (TPSA) is 75.3 Å². The molecule has 2 aromatic rings. The normalized spacial score (nSPS) is 12.6. The average Bonchev–Trinajstić information content (AvgIpc) is 3.01. The van der Waals surface area contributed by atoms with Crippen LogP contribution in [-0.4, -0.2) is 20.1 Å². The number of anilines is 1. The summed E-state index contributed by atoms with van der Waals surface area (Å²) in [6, 6.07) is 10.3. The number of sulfonamides is 1. The van der Waals surface area contributed by atoms with Gasteiger partial charge < -0.3 is 5.32 Å². The van der Waals surface area contributed by atoms with Crippen LogP contribution in [0.1, 0.15) is 35.1 Å². The zero-order valence-electron chi connectivity index (χ0n) is 12.4. The van der Waals surface area contributed by atoms with E-state index in [0.717, 1.165) is 4.88 Å². The third-order valence-electron chi connectivity index (χ3n) is 3.13. The maximum atomic E-state index is 12.4. The van der Waals surface area contributed by atoms with Crippen molar-refractivity contribution in [3.05, 3.63) is 52.2 Å². The van der Waals surface area contributed by atoms with Crippen LogP contribution in [0.3, 0.4) is 0 Å². The van der Waals surface area contributed by atoms with Gasteiger partial charge in [0.2, 0.25) is 10.0 Å². The minimum Gasteiger partial charge on any atom is -0.345 e. The molecule has 0 aliphatic heterocycles. The van der Waals surface area contributed by atoms with E-state index in [1.165, 1.54) is 0 Å². The molecule has 0 spiro atoms. The molecule has 1 amide bonds. The quantitative estimate of drug-likeness (QED) is 0.850. The Kier molecular flexibility index (Phi) is 5.20. The van der Waals surface area contributed by atoms with Crippen molar-refractivity contribution in [1.29, 1.82) is 0 Å². The summed E-state index contributed by atoms with van der Waals surface area (Å²) in [5.41, 5.74) is 0.600. The Morgan fingerprint density at radius 2 is 1.95 bits per heavy atom. The van der Waals surface area contributed by atoms with Crippen molar-refractivity contribution >= 4 is 33.0 Å². The van der Waals surface area contributed by atoms with Gasteiger partial charge in [0.25, 0.3) is 5.91 Å². The summed E-state index contributed by atoms with van der Waals surface area (Å²) in [5.74, 6) is -0.357. The number of carbonyl (C=O) groups excluding carboxylic acids is 1. The standard InChI is InChI=1S/C15H18N2O3S2/c1-3-22(19,20)17-13-8-5-4-7-12(13)15(18)16-11(2)14-9-6-10-21-14/h4-11,17H,3H2,1-2H3,(H,16,18). The lowest BCUT2D eigenvalue weighted by Gasteiger charge is -2.15. The number of benzene rings is 1. The highest BCUT2D eigenvalue weighted by Gasteiger charge is 2.17. The zero-order chi connectivity index (χ0) is 16.2. The lowest BCUT2D eigenvalue weighted by Crippen LogP contribution is -2.27. The van der Waals surface area contributed by atoms with Gasteiger partial charge in [-0.15, -0.1) is 11.3 Å². The summed E-state index contributed by atoms with van der Waals surface area (Å²) in [6.07, 6.45) is 0. The fraction of sp³-hybridized carbons (Fsp3) is 0.267. The maximum Gasteiger partial charge on any atom is 0.253 e. The van der Waals surface area contributed by atoms with E-state index < -0.39 is 10.0 Å². The predicted octanol–water partition coefficient (Wildman–Crippen LogP) is 3.00. The fourth-order valence-electron chi connectivity index (χ4n) is 1.89. The second-order valence-electron chi connectivity index (χ2n) is 4.76. The Morgan fingerprint density at radius 1 is 1.23 bits per heavy atom. The molecule has 2 rings (SSSR count). The summed E-state index contributed by atoms with van der Waals surface area (Å²) in [5, 5.41) is 4.83. The molecular formula is C15H18N2O3S2. The van der Waals surface area contributed by atoms with Crippen LogP contribution in [0.2, 0.25) is 0 Å². The summed E-state index contributed by atoms with van der Waals surface area (Å²) < 4.78 is 25.9. The van der Waals surface area contributed by atoms with Gasteiger partial charge in [-0.3, -0.25) is 9.52 Å². The minimum atomic E-state index is -3.43. The lowest BCUT2D eigenvalue weighted by molar-refractivity contribution is 0.0941. The average molecular weight is 338 g/mol. The van der Waals surface area contributed by atoms with Crippen molar-refractivity contribution in [2.45, 2.75) is 19.9 Å². The van der Waals surface area contributed by atoms with Crippen LogP contribution in [-0.2, 0) is 10.0 Å². The number of para-hydroxylation sites is 1. The number of nitrogens with one attached hydrogen (secondary N) is 2. The second-order valence-corrected chi connectivity index (χ2v) is 7.75. The molecule has 1 aromatic heterocycles. The highest BCUT2D eigenvalue weighted by Crippen LogP contribution is 2.21. The van der Waals surface area contributed by atoms with E-state index in [-0.39, 0.29) is 17.7 Å². The molecule has 1 atom stereocenters. The summed E-state index contributed by atoms with van der Waals surface area (Å²) in [4.78, 5) is 13.4. The van der Waals surface area contributed by atoms with Gasteiger partial charge in [-0.1, -0.05) is 18.2 Å². The van der Waals surface area contributed by atoms with E-state index in [9.17, 15) is 13.2 Å². The first-order chi connectivity index (χ1) is 10.4. The molecule has 1 unspecified atom stereocenters. The van der Waals surface area contributed by atoms with Crippen LogP contribution in [0.5, 0.6) is 0 Å². The number of carbonyl (C=O) groups is 1. The molecule has 2 N–H and O–H groups in total. The van der Waals surface area contributed by atoms with Crippen LogP contribution >= 0.6 is 11.3 Å². The van der Waals surface area contributed by atoms with E-state index >= 15 is 0 Å². The molecule has 0 saturated carbocycles. The summed E-state index contributed by atoms with van der Waals surface area (Å²) in [6.45, 7) is 3.44. The Labute approximate surface area is 134 Å². The molecule has 0 aliphatic carbocycles. The Morgan fingerprint density at radius 3 is 2.59 bits per heavy atom. The first-order valence-corrected chi connectivity index (χ1v) is 9.40. The maximum absolute atomic E-state index is 12.4. The molecule has 0 bridgehead atoms. The third kappa shape index (κ3) is 4.08. The van der Waals surface area contributed by atoms with Crippen LogP contribution in [0.15, 0.2) is 41.8 Å². The molecule has 0 aliphatic rings. The van der Waals surface area contributed by atoms with Gasteiger partial charge in [0.1, 0.15) is 0 Å². The molecule has 0 radical (unpaired) electrons. The largest absolute Gasteiger partial charge is 0.345 e. The van der Waals surface area contributed by atoms with Crippen molar-refractivity contribution in [3.63, 3.8) is 0 Å². The minimum absolute atomic E-state index is 0.0471. The van der Waals surface area contributed by atoms with Crippen LogP contribution in [0.25, 0.3) is 0 Å². The van der Waals surface area contributed by atoms with Gasteiger partial charge in [0.15, 0.2) is 0 Å². The Bertz CT molecular complexity index is 740. The van der Waals surface area contributed by atoms with Gasteiger partial charge in [-0.25, -0.2) is 8.42 Å². The van der Waals surface area contributed by atoms with Gasteiger partial charge in [-0.2, -0.15) is 0 Å². The highest BCUT2D eigenvalue weighted by molar-refractivity contribution is 7.92. The molecule has 0 saturated heterocycles. The summed E-state index contributed by atoms with van der Waals surface area (Å²) in [7, 11) is -3.43. The fourth-order valence-corrected chi connectivity index (χ4v) is 3.28. The van der Waals surface area contributed by atoms with Crippen LogP contribution in [0.4, 0.5) is 5.69 Å². The summed E-state index contributed by atoms with van der Waals surface area (Å²) >= 11 is 1.56.